The Balaban J connectivity index is 3.54. The fourth-order valence-electron chi connectivity index (χ4n) is 1.15. The van der Waals surface area contributed by atoms with Gasteiger partial charge in [0.15, 0.2) is 5.43 Å². The Labute approximate surface area is 85.5 Å². The number of hydrogen-bond donors (Lipinski definition) is 2. The van der Waals surface area contributed by atoms with Gasteiger partial charge in [-0.25, -0.2) is 8.78 Å². The van der Waals surface area contributed by atoms with Crippen molar-refractivity contribution in [1.29, 1.82) is 0 Å². The number of nitrogens with one attached hydrogen (secondary N) is 1. The Hall–Kier alpha value is -1.44. The van der Waals surface area contributed by atoms with Crippen LogP contribution in [-0.4, -0.2) is 10.1 Å². The highest BCUT2D eigenvalue weighted by Crippen LogP contribution is 2.33. The SMILES string of the molecule is O=c1cc(CO)[nH]c(C(F)(F)F)c1C(F)F. The summed E-state index contributed by atoms with van der Waals surface area (Å²) in [6, 6.07) is 0.511. The largest absolute Gasteiger partial charge is 0.431 e. The van der Waals surface area contributed by atoms with Crippen LogP contribution >= 0.6 is 0 Å². The Bertz CT molecular complexity index is 437. The van der Waals surface area contributed by atoms with Crippen molar-refractivity contribution in [2.24, 2.45) is 0 Å². The molecule has 0 aromatic carbocycles. The van der Waals surface area contributed by atoms with Crippen LogP contribution in [-0.2, 0) is 12.8 Å². The van der Waals surface area contributed by atoms with Crippen molar-refractivity contribution < 1.29 is 27.1 Å². The van der Waals surface area contributed by atoms with E-state index in [-0.39, 0.29) is 0 Å². The molecule has 0 fully saturated rings. The molecule has 8 heteroatoms. The van der Waals surface area contributed by atoms with Gasteiger partial charge in [0.05, 0.1) is 12.2 Å². The molecule has 0 radical (unpaired) electrons. The van der Waals surface area contributed by atoms with Gasteiger partial charge in [-0.2, -0.15) is 13.2 Å². The van der Waals surface area contributed by atoms with Crippen LogP contribution in [0.15, 0.2) is 10.9 Å². The van der Waals surface area contributed by atoms with Crippen molar-refractivity contribution in [1.82, 2.24) is 4.98 Å². The summed E-state index contributed by atoms with van der Waals surface area (Å²) >= 11 is 0. The van der Waals surface area contributed by atoms with Crippen LogP contribution in [0.4, 0.5) is 22.0 Å². The second-order valence-corrected chi connectivity index (χ2v) is 2.90. The molecule has 0 amide bonds. The molecule has 0 aliphatic heterocycles. The average molecular weight is 243 g/mol. The van der Waals surface area contributed by atoms with Crippen LogP contribution in [0.1, 0.15) is 23.4 Å². The third-order valence-corrected chi connectivity index (χ3v) is 1.80. The summed E-state index contributed by atoms with van der Waals surface area (Å²) < 4.78 is 61.5. The Morgan fingerprint density at radius 1 is 1.38 bits per heavy atom. The third kappa shape index (κ3) is 2.38. The molecule has 0 saturated carbocycles. The highest BCUT2D eigenvalue weighted by atomic mass is 19.4. The Morgan fingerprint density at radius 2 is 1.94 bits per heavy atom. The highest BCUT2D eigenvalue weighted by molar-refractivity contribution is 5.26. The molecule has 1 rings (SSSR count). The second-order valence-electron chi connectivity index (χ2n) is 2.90. The summed E-state index contributed by atoms with van der Waals surface area (Å²) in [7, 11) is 0. The maximum absolute atomic E-state index is 12.3. The van der Waals surface area contributed by atoms with E-state index in [4.69, 9.17) is 5.11 Å². The van der Waals surface area contributed by atoms with E-state index >= 15 is 0 Å². The maximum Gasteiger partial charge on any atom is 0.431 e. The first-order valence-electron chi connectivity index (χ1n) is 3.99. The normalized spacial score (nSPS) is 12.2. The van der Waals surface area contributed by atoms with Crippen LogP contribution in [0.2, 0.25) is 0 Å². The molecule has 90 valence electrons. The van der Waals surface area contributed by atoms with Gasteiger partial charge in [0, 0.05) is 11.8 Å². The van der Waals surface area contributed by atoms with Crippen molar-refractivity contribution in [2.45, 2.75) is 19.2 Å². The predicted molar refractivity (Wildman–Crippen MR) is 42.9 cm³/mol. The second kappa shape index (κ2) is 4.20. The molecule has 0 aliphatic rings. The lowest BCUT2D eigenvalue weighted by molar-refractivity contribution is -0.143. The predicted octanol–water partition coefficient (Wildman–Crippen LogP) is 1.82. The minimum Gasteiger partial charge on any atom is -0.390 e. The van der Waals surface area contributed by atoms with Gasteiger partial charge in [0.25, 0.3) is 6.43 Å². The van der Waals surface area contributed by atoms with Gasteiger partial charge < -0.3 is 10.1 Å². The fourth-order valence-corrected chi connectivity index (χ4v) is 1.15. The van der Waals surface area contributed by atoms with E-state index < -0.39 is 41.6 Å². The molecule has 0 atom stereocenters. The van der Waals surface area contributed by atoms with Crippen molar-refractivity contribution in [2.75, 3.05) is 0 Å². The lowest BCUT2D eigenvalue weighted by atomic mass is 10.1. The van der Waals surface area contributed by atoms with E-state index in [9.17, 15) is 26.7 Å². The van der Waals surface area contributed by atoms with E-state index in [2.05, 4.69) is 0 Å². The minimum atomic E-state index is -5.10. The minimum absolute atomic E-state index is 0.471. The summed E-state index contributed by atoms with van der Waals surface area (Å²) in [5.74, 6) is 0. The van der Waals surface area contributed by atoms with Crippen LogP contribution in [0.5, 0.6) is 0 Å². The van der Waals surface area contributed by atoms with E-state index in [0.29, 0.717) is 6.07 Å². The number of aromatic amines is 1. The summed E-state index contributed by atoms with van der Waals surface area (Å²) in [4.78, 5) is 12.6. The van der Waals surface area contributed by atoms with E-state index in [1.165, 1.54) is 0 Å². The molecule has 1 aromatic heterocycles. The van der Waals surface area contributed by atoms with Gasteiger partial charge in [0.1, 0.15) is 5.69 Å². The topological polar surface area (TPSA) is 53.1 Å². The molecule has 3 nitrogen and oxygen atoms in total. The quantitative estimate of drug-likeness (QED) is 0.778. The first-order chi connectivity index (χ1) is 7.27. The number of pyridine rings is 1. The smallest absolute Gasteiger partial charge is 0.390 e. The molecular formula is C8H6F5NO2. The van der Waals surface area contributed by atoms with Crippen LogP contribution in [0.3, 0.4) is 0 Å². The van der Waals surface area contributed by atoms with Crippen molar-refractivity contribution in [3.63, 3.8) is 0 Å². The van der Waals surface area contributed by atoms with E-state index in [1.807, 2.05) is 0 Å². The van der Waals surface area contributed by atoms with Gasteiger partial charge in [0.2, 0.25) is 0 Å². The average Bonchev–Trinajstić information content (AvgIpc) is 2.14. The third-order valence-electron chi connectivity index (χ3n) is 1.80. The number of aliphatic hydroxyl groups is 1. The van der Waals surface area contributed by atoms with Crippen molar-refractivity contribution >= 4 is 0 Å². The lowest BCUT2D eigenvalue weighted by Gasteiger charge is -2.12. The van der Waals surface area contributed by atoms with Gasteiger partial charge in [-0.15, -0.1) is 0 Å². The number of hydrogen-bond acceptors (Lipinski definition) is 2. The lowest BCUT2D eigenvalue weighted by Crippen LogP contribution is -2.22. The number of H-pyrrole nitrogens is 1. The van der Waals surface area contributed by atoms with E-state index in [0.717, 1.165) is 0 Å². The zero-order chi connectivity index (χ0) is 12.5. The number of aliphatic hydroxyl groups excluding tert-OH is 1. The number of alkyl halides is 5. The summed E-state index contributed by atoms with van der Waals surface area (Å²) in [5, 5.41) is 8.56. The summed E-state index contributed by atoms with van der Waals surface area (Å²) in [6.45, 7) is -0.873. The molecule has 1 aromatic rings. The molecule has 0 bridgehead atoms. The number of rotatable bonds is 2. The van der Waals surface area contributed by atoms with Gasteiger partial charge in [-0.3, -0.25) is 4.79 Å². The summed E-state index contributed by atoms with van der Waals surface area (Å²) in [5.41, 5.74) is -5.38. The highest BCUT2D eigenvalue weighted by Gasteiger charge is 2.38. The zero-order valence-corrected chi connectivity index (χ0v) is 7.61. The molecule has 0 saturated heterocycles. The molecule has 0 spiro atoms. The number of halogens is 5. The monoisotopic (exact) mass is 243 g/mol. The van der Waals surface area contributed by atoms with Crippen molar-refractivity contribution in [3.05, 3.63) is 33.2 Å². The van der Waals surface area contributed by atoms with Crippen LogP contribution in [0.25, 0.3) is 0 Å². The van der Waals surface area contributed by atoms with Gasteiger partial charge >= 0.3 is 6.18 Å². The number of aromatic nitrogens is 1. The maximum atomic E-state index is 12.3. The van der Waals surface area contributed by atoms with Gasteiger partial charge in [-0.1, -0.05) is 0 Å². The molecular weight excluding hydrogens is 237 g/mol. The first-order valence-corrected chi connectivity index (χ1v) is 3.99. The van der Waals surface area contributed by atoms with E-state index in [1.54, 1.807) is 4.98 Å². The van der Waals surface area contributed by atoms with Crippen LogP contribution < -0.4 is 5.43 Å². The molecule has 16 heavy (non-hydrogen) atoms. The van der Waals surface area contributed by atoms with Gasteiger partial charge in [-0.05, 0) is 0 Å². The molecule has 2 N–H and O–H groups in total. The zero-order valence-electron chi connectivity index (χ0n) is 7.61. The Morgan fingerprint density at radius 3 is 2.31 bits per heavy atom. The van der Waals surface area contributed by atoms with Crippen molar-refractivity contribution in [3.8, 4) is 0 Å². The molecule has 0 aliphatic carbocycles. The summed E-state index contributed by atoms with van der Waals surface area (Å²) in [6.07, 6.45) is -8.64. The molecule has 0 unspecified atom stereocenters. The fraction of sp³-hybridized carbons (Fsp3) is 0.375. The standard InChI is InChI=1S/C8H6F5NO2/c9-7(10)5-4(16)1-3(2-15)14-6(5)8(11,12)13/h1,7,15H,2H2,(H,14,16). The van der Waals surface area contributed by atoms with Crippen LogP contribution in [0, 0.1) is 0 Å². The first kappa shape index (κ1) is 12.6. The molecule has 1 heterocycles. The Kier molecular flexibility index (Phi) is 3.32.